The Morgan fingerprint density at radius 3 is 2.43 bits per heavy atom. The molecule has 2 aromatic rings. The monoisotopic (exact) mass is 332 g/mol. The molecule has 6 nitrogen and oxygen atoms in total. The summed E-state index contributed by atoms with van der Waals surface area (Å²) in [5.41, 5.74) is -2.99. The first-order valence-corrected chi connectivity index (χ1v) is 6.44. The summed E-state index contributed by atoms with van der Waals surface area (Å²) < 4.78 is 57.3. The van der Waals surface area contributed by atoms with Crippen molar-refractivity contribution in [1.29, 1.82) is 0 Å². The van der Waals surface area contributed by atoms with Gasteiger partial charge < -0.3 is 18.7 Å². The summed E-state index contributed by atoms with van der Waals surface area (Å²) in [4.78, 5) is 30.1. The fourth-order valence-corrected chi connectivity index (χ4v) is 1.95. The average Bonchev–Trinajstić information content (AvgIpc) is 2.23. The van der Waals surface area contributed by atoms with Gasteiger partial charge in [-0.25, -0.2) is 4.79 Å². The number of hydrogen-bond donors (Lipinski definition) is 1. The molecule has 1 unspecified atom stereocenters. The predicted octanol–water partition coefficient (Wildman–Crippen LogP) is -1.34. The van der Waals surface area contributed by atoms with E-state index in [9.17, 15) is 27.4 Å². The summed E-state index contributed by atoms with van der Waals surface area (Å²) in [6, 6.07) is 2.80. The van der Waals surface area contributed by atoms with Crippen LogP contribution in [0, 0.1) is 0 Å². The van der Waals surface area contributed by atoms with E-state index in [1.54, 1.807) is 0 Å². The largest absolute Gasteiger partial charge is 1.00 e. The second-order valence-corrected chi connectivity index (χ2v) is 4.81. The Kier molecular flexibility index (Phi) is 5.31. The number of phosphoric ester groups is 1. The fraction of sp³-hybridized carbons (Fsp3) is 0.100. The first-order valence-electron chi connectivity index (χ1n) is 4.95. The van der Waals surface area contributed by atoms with E-state index in [-0.39, 0.29) is 35.6 Å². The quantitative estimate of drug-likeness (QED) is 0.415. The molecule has 108 valence electrons. The second kappa shape index (κ2) is 6.12. The van der Waals surface area contributed by atoms with Crippen LogP contribution in [0.1, 0.15) is 5.56 Å². The molecule has 1 heterocycles. The Hall–Kier alpha value is -0.830. The van der Waals surface area contributed by atoms with Gasteiger partial charge in [0.1, 0.15) is 11.3 Å². The summed E-state index contributed by atoms with van der Waals surface area (Å²) in [6.07, 6.45) is -4.78. The molecular formula is C10H5F3NaO6P. The van der Waals surface area contributed by atoms with Crippen molar-refractivity contribution in [1.82, 2.24) is 0 Å². The third kappa shape index (κ3) is 4.57. The van der Waals surface area contributed by atoms with Crippen LogP contribution in [0.25, 0.3) is 11.0 Å². The van der Waals surface area contributed by atoms with E-state index in [1.165, 1.54) is 0 Å². The summed E-state index contributed by atoms with van der Waals surface area (Å²) in [5.74, 6) is -0.485. The maximum Gasteiger partial charge on any atom is 1.00 e. The van der Waals surface area contributed by atoms with Crippen molar-refractivity contribution in [3.63, 3.8) is 0 Å². The molecule has 2 rings (SSSR count). The normalized spacial score (nSPS) is 14.3. The Morgan fingerprint density at radius 2 is 1.90 bits per heavy atom. The van der Waals surface area contributed by atoms with Crippen molar-refractivity contribution in [3.05, 3.63) is 40.2 Å². The van der Waals surface area contributed by atoms with Crippen molar-refractivity contribution in [2.24, 2.45) is 0 Å². The predicted molar refractivity (Wildman–Crippen MR) is 57.9 cm³/mol. The van der Waals surface area contributed by atoms with Gasteiger partial charge in [-0.3, -0.25) is 4.57 Å². The van der Waals surface area contributed by atoms with Crippen LogP contribution in [0.15, 0.2) is 33.5 Å². The molecule has 0 aliphatic carbocycles. The SMILES string of the molecule is O=c1cc(C(F)(F)F)c2ccc(OP(=O)([O-])O)cc2o1.[Na+]. The molecule has 0 bridgehead atoms. The van der Waals surface area contributed by atoms with E-state index in [2.05, 4.69) is 8.94 Å². The zero-order valence-electron chi connectivity index (χ0n) is 10.4. The first kappa shape index (κ1) is 18.2. The minimum absolute atomic E-state index is 0. The third-order valence-electron chi connectivity index (χ3n) is 2.24. The molecule has 0 aliphatic rings. The summed E-state index contributed by atoms with van der Waals surface area (Å²) >= 11 is 0. The van der Waals surface area contributed by atoms with Crippen LogP contribution in [0.2, 0.25) is 0 Å². The van der Waals surface area contributed by atoms with Crippen molar-refractivity contribution in [2.45, 2.75) is 6.18 Å². The van der Waals surface area contributed by atoms with Crippen molar-refractivity contribution >= 4 is 18.8 Å². The van der Waals surface area contributed by atoms with Crippen LogP contribution in [0.5, 0.6) is 5.75 Å². The van der Waals surface area contributed by atoms with Gasteiger partial charge in [0, 0.05) is 17.5 Å². The smallest absolute Gasteiger partial charge is 0.746 e. The van der Waals surface area contributed by atoms with E-state index >= 15 is 0 Å². The maximum absolute atomic E-state index is 12.7. The molecule has 0 saturated carbocycles. The van der Waals surface area contributed by atoms with Crippen molar-refractivity contribution < 1.29 is 66.0 Å². The van der Waals surface area contributed by atoms with Crippen LogP contribution >= 0.6 is 7.82 Å². The Labute approximate surface area is 137 Å². The molecule has 1 aromatic heterocycles. The number of rotatable bonds is 2. The molecule has 21 heavy (non-hydrogen) atoms. The summed E-state index contributed by atoms with van der Waals surface area (Å²) in [7, 11) is -5.11. The van der Waals surface area contributed by atoms with Crippen LogP contribution < -0.4 is 44.6 Å². The van der Waals surface area contributed by atoms with Crippen LogP contribution in [0.4, 0.5) is 13.2 Å². The second-order valence-electron chi connectivity index (χ2n) is 3.69. The number of benzene rings is 1. The average molecular weight is 332 g/mol. The van der Waals surface area contributed by atoms with Gasteiger partial charge in [0.15, 0.2) is 0 Å². The summed E-state index contributed by atoms with van der Waals surface area (Å²) in [6.45, 7) is 0. The van der Waals surface area contributed by atoms with Gasteiger partial charge in [-0.2, -0.15) is 13.2 Å². The minimum Gasteiger partial charge on any atom is -0.746 e. The molecule has 0 fully saturated rings. The van der Waals surface area contributed by atoms with Gasteiger partial charge in [-0.05, 0) is 12.1 Å². The number of alkyl halides is 3. The van der Waals surface area contributed by atoms with Gasteiger partial charge in [0.2, 0.25) is 0 Å². The molecule has 1 N–H and O–H groups in total. The third-order valence-corrected chi connectivity index (χ3v) is 2.68. The summed E-state index contributed by atoms with van der Waals surface area (Å²) in [5, 5.41) is -0.442. The fourth-order valence-electron chi connectivity index (χ4n) is 1.57. The van der Waals surface area contributed by atoms with Gasteiger partial charge in [0.05, 0.1) is 5.56 Å². The van der Waals surface area contributed by atoms with Crippen molar-refractivity contribution in [3.8, 4) is 5.75 Å². The van der Waals surface area contributed by atoms with Crippen molar-refractivity contribution in [2.75, 3.05) is 0 Å². The van der Waals surface area contributed by atoms with Gasteiger partial charge in [-0.1, -0.05) is 0 Å². The molecule has 0 spiro atoms. The minimum atomic E-state index is -5.11. The van der Waals surface area contributed by atoms with Gasteiger partial charge >= 0.3 is 49.2 Å². The Balaban J connectivity index is 0.00000220. The van der Waals surface area contributed by atoms with Gasteiger partial charge in [-0.15, -0.1) is 0 Å². The molecular weight excluding hydrogens is 327 g/mol. The number of hydrogen-bond acceptors (Lipinski definition) is 5. The zero-order chi connectivity index (χ0) is 15.1. The van der Waals surface area contributed by atoms with Crippen LogP contribution in [-0.4, -0.2) is 4.89 Å². The van der Waals surface area contributed by atoms with E-state index in [4.69, 9.17) is 4.89 Å². The molecule has 11 heteroatoms. The standard InChI is InChI=1S/C10H6F3O6P.Na/c11-10(12,13)7-4-9(14)18-8-3-5(1-2-6(7)8)19-20(15,16)17;/h1-4H,(H2,15,16,17);/q;+1/p-1. The maximum atomic E-state index is 12.7. The molecule has 0 saturated heterocycles. The van der Waals surface area contributed by atoms with E-state index < -0.39 is 41.9 Å². The van der Waals surface area contributed by atoms with Crippen LogP contribution in [0.3, 0.4) is 0 Å². The molecule has 1 atom stereocenters. The Morgan fingerprint density at radius 1 is 1.29 bits per heavy atom. The molecule has 1 aromatic carbocycles. The molecule has 0 amide bonds. The molecule has 0 aliphatic heterocycles. The van der Waals surface area contributed by atoms with E-state index in [1.807, 2.05) is 0 Å². The number of halogens is 3. The van der Waals surface area contributed by atoms with E-state index in [0.717, 1.165) is 18.2 Å². The van der Waals surface area contributed by atoms with E-state index in [0.29, 0.717) is 0 Å². The number of phosphoric acid groups is 1. The topological polar surface area (TPSA) is 99.8 Å². The zero-order valence-corrected chi connectivity index (χ0v) is 13.3. The molecule has 0 radical (unpaired) electrons. The van der Waals surface area contributed by atoms with Gasteiger partial charge in [0.25, 0.3) is 0 Å². The Bertz CT molecular complexity index is 765. The first-order chi connectivity index (χ1) is 9.06. The number of fused-ring (bicyclic) bond motifs is 1. The van der Waals surface area contributed by atoms with Crippen LogP contribution in [-0.2, 0) is 10.7 Å².